The maximum Gasteiger partial charge on any atom is 0.326 e. The summed E-state index contributed by atoms with van der Waals surface area (Å²) in [5.74, 6) is -2.77. The zero-order valence-electron chi connectivity index (χ0n) is 25.1. The van der Waals surface area contributed by atoms with Crippen molar-refractivity contribution in [3.8, 4) is 12.3 Å². The standard InChI is InChI=1S/C32H33N5O10/c1-2-13-37(25-10-5-18-14-24-21(15-20(18)25)30(43)36-26(16-38)33-24)19-6-3-17(4-7-19)29(42)35-23(32(46)47)8-11-27(39)34-22(31(44)45)9-12-28(40)41/h1,3-4,6-7,14-15,22-23,25,38H,5,8-13,16H2,(H,34,39)(H,35,42)(H,40,41)(H,44,45)(H,46,47)(H,33,36,43)/t22?,23?,25-/m0/s1. The summed E-state index contributed by atoms with van der Waals surface area (Å²) in [4.78, 5) is 80.6. The number of aromatic amines is 1. The Morgan fingerprint density at radius 2 is 1.66 bits per heavy atom. The first-order valence-electron chi connectivity index (χ1n) is 14.7. The Morgan fingerprint density at radius 1 is 1.00 bits per heavy atom. The number of aryl methyl sites for hydroxylation is 1. The number of aliphatic hydroxyl groups is 1. The molecule has 0 saturated carbocycles. The van der Waals surface area contributed by atoms with Gasteiger partial charge in [-0.2, -0.15) is 0 Å². The zero-order chi connectivity index (χ0) is 34.2. The second-order valence-corrected chi connectivity index (χ2v) is 11.0. The van der Waals surface area contributed by atoms with E-state index in [1.807, 2.05) is 11.0 Å². The summed E-state index contributed by atoms with van der Waals surface area (Å²) in [6, 6.07) is 6.85. The van der Waals surface area contributed by atoms with Crippen LogP contribution in [0.15, 0.2) is 41.2 Å². The molecule has 0 aliphatic heterocycles. The van der Waals surface area contributed by atoms with E-state index in [1.54, 1.807) is 18.2 Å². The van der Waals surface area contributed by atoms with Gasteiger partial charge in [-0.1, -0.05) is 5.92 Å². The van der Waals surface area contributed by atoms with Gasteiger partial charge in [0.2, 0.25) is 5.91 Å². The molecule has 3 atom stereocenters. The summed E-state index contributed by atoms with van der Waals surface area (Å²) in [5, 5.41) is 41.9. The van der Waals surface area contributed by atoms with Crippen LogP contribution in [0.5, 0.6) is 0 Å². The number of carbonyl (C=O) groups is 5. The van der Waals surface area contributed by atoms with E-state index >= 15 is 0 Å². The lowest BCUT2D eigenvalue weighted by atomic mass is 10.0. The number of carbonyl (C=O) groups excluding carboxylic acids is 2. The number of H-pyrrole nitrogens is 1. The first kappa shape index (κ1) is 34.1. The quantitative estimate of drug-likeness (QED) is 0.114. The summed E-state index contributed by atoms with van der Waals surface area (Å²) >= 11 is 0. The molecule has 0 bridgehead atoms. The smallest absolute Gasteiger partial charge is 0.326 e. The number of anilines is 1. The number of hydrogen-bond acceptors (Lipinski definition) is 9. The monoisotopic (exact) mass is 647 g/mol. The first-order valence-corrected chi connectivity index (χ1v) is 14.7. The predicted octanol–water partition coefficient (Wildman–Crippen LogP) is 0.940. The number of carboxylic acids is 3. The average Bonchev–Trinajstić information content (AvgIpc) is 3.44. The second-order valence-electron chi connectivity index (χ2n) is 11.0. The SMILES string of the molecule is C#CCN(c1ccc(C(=O)NC(CCC(=O)NC(CCC(=O)O)C(=O)O)C(=O)O)cc1)[C@H]1CCc2cc3nc(CO)[nH]c(=O)c3cc21. The van der Waals surface area contributed by atoms with Crippen LogP contribution in [0.25, 0.3) is 10.9 Å². The summed E-state index contributed by atoms with van der Waals surface area (Å²) in [7, 11) is 0. The van der Waals surface area contributed by atoms with Crippen molar-refractivity contribution in [2.45, 2.75) is 63.3 Å². The Bertz CT molecular complexity index is 1800. The molecule has 246 valence electrons. The molecule has 2 amide bonds. The molecular weight excluding hydrogens is 614 g/mol. The van der Waals surface area contributed by atoms with Crippen LogP contribution in [0, 0.1) is 12.3 Å². The maximum atomic E-state index is 12.9. The van der Waals surface area contributed by atoms with E-state index in [0.717, 1.165) is 11.1 Å². The Labute approximate surface area is 267 Å². The lowest BCUT2D eigenvalue weighted by Gasteiger charge is -2.30. The molecule has 7 N–H and O–H groups in total. The van der Waals surface area contributed by atoms with Gasteiger partial charge in [0.15, 0.2) is 0 Å². The van der Waals surface area contributed by atoms with Gasteiger partial charge in [0.25, 0.3) is 11.5 Å². The Balaban J connectivity index is 1.44. The number of nitrogens with zero attached hydrogens (tertiary/aromatic N) is 2. The van der Waals surface area contributed by atoms with Crippen molar-refractivity contribution in [1.29, 1.82) is 0 Å². The third kappa shape index (κ3) is 8.30. The number of terminal acetylenes is 1. The summed E-state index contributed by atoms with van der Waals surface area (Å²) < 4.78 is 0. The van der Waals surface area contributed by atoms with Crippen molar-refractivity contribution in [2.24, 2.45) is 0 Å². The highest BCUT2D eigenvalue weighted by Gasteiger charge is 2.30. The van der Waals surface area contributed by atoms with Gasteiger partial charge in [-0.3, -0.25) is 19.2 Å². The van der Waals surface area contributed by atoms with Gasteiger partial charge >= 0.3 is 17.9 Å². The van der Waals surface area contributed by atoms with Crippen LogP contribution in [0.3, 0.4) is 0 Å². The van der Waals surface area contributed by atoms with Crippen molar-refractivity contribution in [2.75, 3.05) is 11.4 Å². The third-order valence-electron chi connectivity index (χ3n) is 7.85. The number of hydrogen-bond donors (Lipinski definition) is 7. The number of benzene rings is 2. The fourth-order valence-electron chi connectivity index (χ4n) is 5.52. The highest BCUT2D eigenvalue weighted by atomic mass is 16.4. The van der Waals surface area contributed by atoms with E-state index in [9.17, 15) is 44.1 Å². The zero-order valence-corrected chi connectivity index (χ0v) is 25.1. The molecule has 0 radical (unpaired) electrons. The lowest BCUT2D eigenvalue weighted by Crippen LogP contribution is -2.44. The van der Waals surface area contributed by atoms with Crippen LogP contribution in [0.1, 0.15) is 65.5 Å². The number of aliphatic hydroxyl groups excluding tert-OH is 1. The topological polar surface area (TPSA) is 239 Å². The van der Waals surface area contributed by atoms with Gasteiger partial charge in [0.1, 0.15) is 24.5 Å². The molecule has 0 fully saturated rings. The third-order valence-corrected chi connectivity index (χ3v) is 7.85. The van der Waals surface area contributed by atoms with E-state index in [0.29, 0.717) is 29.4 Å². The van der Waals surface area contributed by atoms with Crippen LogP contribution < -0.4 is 21.1 Å². The number of fused-ring (bicyclic) bond motifs is 2. The molecule has 15 heteroatoms. The predicted molar refractivity (Wildman–Crippen MR) is 167 cm³/mol. The molecule has 1 aliphatic rings. The van der Waals surface area contributed by atoms with E-state index < -0.39 is 61.3 Å². The number of carboxylic acid groups (broad SMARTS) is 3. The fourth-order valence-corrected chi connectivity index (χ4v) is 5.52. The Morgan fingerprint density at radius 3 is 2.28 bits per heavy atom. The minimum atomic E-state index is -1.47. The second kappa shape index (κ2) is 15.0. The number of rotatable bonds is 15. The van der Waals surface area contributed by atoms with Crippen LogP contribution in [0.4, 0.5) is 5.69 Å². The number of nitrogens with one attached hydrogen (secondary N) is 3. The largest absolute Gasteiger partial charge is 0.481 e. The minimum Gasteiger partial charge on any atom is -0.481 e. The Hall–Kier alpha value is -5.75. The number of aromatic nitrogens is 2. The average molecular weight is 648 g/mol. The molecule has 47 heavy (non-hydrogen) atoms. The summed E-state index contributed by atoms with van der Waals surface area (Å²) in [6.45, 7) is -0.177. The van der Waals surface area contributed by atoms with Crippen molar-refractivity contribution in [3.63, 3.8) is 0 Å². The van der Waals surface area contributed by atoms with E-state index in [2.05, 4.69) is 26.5 Å². The van der Waals surface area contributed by atoms with Gasteiger partial charge in [-0.05, 0) is 73.2 Å². The van der Waals surface area contributed by atoms with Crippen molar-refractivity contribution in [1.82, 2.24) is 20.6 Å². The van der Waals surface area contributed by atoms with Crippen LogP contribution >= 0.6 is 0 Å². The molecule has 15 nitrogen and oxygen atoms in total. The fraction of sp³-hybridized carbons (Fsp3) is 0.344. The molecule has 1 heterocycles. The van der Waals surface area contributed by atoms with Crippen LogP contribution in [-0.4, -0.2) is 78.7 Å². The van der Waals surface area contributed by atoms with Gasteiger partial charge in [-0.25, -0.2) is 14.6 Å². The molecule has 0 spiro atoms. The normalized spacial score (nSPS) is 14.8. The summed E-state index contributed by atoms with van der Waals surface area (Å²) in [5.41, 5.74) is 2.84. The summed E-state index contributed by atoms with van der Waals surface area (Å²) in [6.07, 6.45) is 5.48. The van der Waals surface area contributed by atoms with Crippen molar-refractivity contribution < 1.29 is 44.4 Å². The van der Waals surface area contributed by atoms with E-state index in [4.69, 9.17) is 11.5 Å². The van der Waals surface area contributed by atoms with Gasteiger partial charge in [0.05, 0.1) is 23.5 Å². The van der Waals surface area contributed by atoms with Crippen molar-refractivity contribution >= 4 is 46.3 Å². The van der Waals surface area contributed by atoms with Gasteiger partial charge in [0, 0.05) is 24.1 Å². The highest BCUT2D eigenvalue weighted by molar-refractivity contribution is 5.97. The molecule has 1 aromatic heterocycles. The highest BCUT2D eigenvalue weighted by Crippen LogP contribution is 2.39. The molecular formula is C32H33N5O10. The van der Waals surface area contributed by atoms with Crippen molar-refractivity contribution in [3.05, 3.63) is 69.3 Å². The van der Waals surface area contributed by atoms with Gasteiger partial charge < -0.3 is 40.9 Å². The van der Waals surface area contributed by atoms with E-state index in [1.165, 1.54) is 12.1 Å². The van der Waals surface area contributed by atoms with Crippen LogP contribution in [0.2, 0.25) is 0 Å². The number of aliphatic carboxylic acids is 3. The lowest BCUT2D eigenvalue weighted by molar-refractivity contribution is -0.143. The minimum absolute atomic E-state index is 0.139. The molecule has 0 saturated heterocycles. The maximum absolute atomic E-state index is 12.9. The van der Waals surface area contributed by atoms with Crippen LogP contribution in [-0.2, 0) is 32.2 Å². The Kier molecular flexibility index (Phi) is 10.9. The van der Waals surface area contributed by atoms with Gasteiger partial charge in [-0.15, -0.1) is 6.42 Å². The first-order chi connectivity index (χ1) is 22.4. The molecule has 4 rings (SSSR count). The molecule has 1 aliphatic carbocycles. The molecule has 2 aromatic carbocycles. The molecule has 3 aromatic rings. The molecule has 2 unspecified atom stereocenters. The van der Waals surface area contributed by atoms with E-state index in [-0.39, 0.29) is 42.4 Å². The number of amides is 2.